The molecule has 1 unspecified atom stereocenters. The maximum atomic E-state index is 13.4. The van der Waals surface area contributed by atoms with Crippen LogP contribution in [0.5, 0.6) is 0 Å². The van der Waals surface area contributed by atoms with Crippen molar-refractivity contribution in [2.75, 3.05) is 0 Å². The van der Waals surface area contributed by atoms with E-state index in [0.717, 1.165) is 22.3 Å². The molecule has 0 saturated carbocycles. The molecule has 0 bridgehead atoms. The van der Waals surface area contributed by atoms with Crippen LogP contribution in [-0.4, -0.2) is 5.11 Å². The van der Waals surface area contributed by atoms with Gasteiger partial charge in [-0.25, -0.2) is 4.39 Å². The van der Waals surface area contributed by atoms with E-state index < -0.39 is 11.9 Å². The van der Waals surface area contributed by atoms with Gasteiger partial charge in [-0.15, -0.1) is 0 Å². The van der Waals surface area contributed by atoms with E-state index in [1.165, 1.54) is 12.1 Å². The molecular formula is C16H16ClFO. The van der Waals surface area contributed by atoms with Crippen LogP contribution in [0.3, 0.4) is 0 Å². The van der Waals surface area contributed by atoms with Gasteiger partial charge in [-0.1, -0.05) is 35.9 Å². The monoisotopic (exact) mass is 278 g/mol. The first-order valence-electron chi connectivity index (χ1n) is 6.17. The number of hydrogen-bond acceptors (Lipinski definition) is 1. The number of halogens is 2. The molecule has 0 spiro atoms. The predicted octanol–water partition coefficient (Wildman–Crippen LogP) is 4.37. The number of aryl methyl sites for hydroxylation is 2. The summed E-state index contributed by atoms with van der Waals surface area (Å²) in [5.41, 5.74) is 3.73. The number of hydrogen-bond donors (Lipinski definition) is 1. The van der Waals surface area contributed by atoms with Gasteiger partial charge in [0.2, 0.25) is 0 Å². The molecule has 3 heteroatoms. The molecule has 0 heterocycles. The summed E-state index contributed by atoms with van der Waals surface area (Å²) in [5.74, 6) is -0.451. The number of aliphatic hydroxyl groups is 1. The van der Waals surface area contributed by atoms with Crippen LogP contribution < -0.4 is 0 Å². The van der Waals surface area contributed by atoms with Gasteiger partial charge in [0, 0.05) is 6.42 Å². The molecule has 0 saturated heterocycles. The minimum atomic E-state index is -0.637. The Kier molecular flexibility index (Phi) is 4.23. The van der Waals surface area contributed by atoms with Crippen molar-refractivity contribution >= 4 is 11.6 Å². The first-order chi connectivity index (χ1) is 8.99. The summed E-state index contributed by atoms with van der Waals surface area (Å²) in [4.78, 5) is 0. The molecule has 2 aromatic rings. The summed E-state index contributed by atoms with van der Waals surface area (Å²) in [6.45, 7) is 3.93. The zero-order valence-electron chi connectivity index (χ0n) is 11.0. The first kappa shape index (κ1) is 14.0. The first-order valence-corrected chi connectivity index (χ1v) is 6.55. The van der Waals surface area contributed by atoms with Crippen LogP contribution in [0.2, 0.25) is 5.02 Å². The van der Waals surface area contributed by atoms with Gasteiger partial charge in [-0.05, 0) is 48.2 Å². The van der Waals surface area contributed by atoms with Crippen LogP contribution in [-0.2, 0) is 6.42 Å². The van der Waals surface area contributed by atoms with Crippen molar-refractivity contribution < 1.29 is 9.50 Å². The second-order valence-electron chi connectivity index (χ2n) is 4.77. The number of aliphatic hydroxyl groups excluding tert-OH is 1. The van der Waals surface area contributed by atoms with Crippen molar-refractivity contribution in [1.82, 2.24) is 0 Å². The summed E-state index contributed by atoms with van der Waals surface area (Å²) in [5, 5.41) is 10.4. The van der Waals surface area contributed by atoms with Crippen molar-refractivity contribution in [3.05, 3.63) is 69.5 Å². The van der Waals surface area contributed by atoms with E-state index in [-0.39, 0.29) is 5.02 Å². The van der Waals surface area contributed by atoms with E-state index >= 15 is 0 Å². The molecule has 1 nitrogen and oxygen atoms in total. The molecule has 2 aromatic carbocycles. The molecule has 19 heavy (non-hydrogen) atoms. The molecule has 0 aliphatic carbocycles. The highest BCUT2D eigenvalue weighted by Crippen LogP contribution is 2.26. The minimum Gasteiger partial charge on any atom is -0.388 e. The highest BCUT2D eigenvalue weighted by atomic mass is 35.5. The van der Waals surface area contributed by atoms with Gasteiger partial charge >= 0.3 is 0 Å². The second-order valence-corrected chi connectivity index (χ2v) is 5.18. The van der Waals surface area contributed by atoms with Crippen molar-refractivity contribution in [1.29, 1.82) is 0 Å². The Hall–Kier alpha value is -1.38. The fraction of sp³-hybridized carbons (Fsp3) is 0.250. The van der Waals surface area contributed by atoms with Gasteiger partial charge in [-0.2, -0.15) is 0 Å². The SMILES string of the molecule is Cc1cccc(C)c1C(O)Cc1ccc(Cl)c(F)c1. The predicted molar refractivity (Wildman–Crippen MR) is 76.0 cm³/mol. The third-order valence-corrected chi connectivity index (χ3v) is 3.59. The van der Waals surface area contributed by atoms with Crippen LogP contribution in [0.4, 0.5) is 4.39 Å². The van der Waals surface area contributed by atoms with Crippen molar-refractivity contribution in [2.45, 2.75) is 26.4 Å². The van der Waals surface area contributed by atoms with Crippen LogP contribution in [0, 0.1) is 19.7 Å². The van der Waals surface area contributed by atoms with Crippen LogP contribution in [0.15, 0.2) is 36.4 Å². The largest absolute Gasteiger partial charge is 0.388 e. The van der Waals surface area contributed by atoms with Crippen molar-refractivity contribution in [3.8, 4) is 0 Å². The molecule has 0 aromatic heterocycles. The van der Waals surface area contributed by atoms with Crippen molar-refractivity contribution in [2.24, 2.45) is 0 Å². The molecule has 100 valence electrons. The maximum Gasteiger partial charge on any atom is 0.142 e. The standard InChI is InChI=1S/C16H16ClFO/c1-10-4-3-5-11(2)16(10)15(19)9-12-6-7-13(17)14(18)8-12/h3-8,15,19H,9H2,1-2H3. The Labute approximate surface area is 117 Å². The highest BCUT2D eigenvalue weighted by molar-refractivity contribution is 6.30. The molecule has 0 amide bonds. The Morgan fingerprint density at radius 2 is 1.79 bits per heavy atom. The summed E-state index contributed by atoms with van der Waals surface area (Å²) < 4.78 is 13.4. The van der Waals surface area contributed by atoms with E-state index in [1.807, 2.05) is 32.0 Å². The van der Waals surface area contributed by atoms with Gasteiger partial charge in [0.25, 0.3) is 0 Å². The average molecular weight is 279 g/mol. The summed E-state index contributed by atoms with van der Waals surface area (Å²) in [7, 11) is 0. The Bertz CT molecular complexity index is 575. The van der Waals surface area contributed by atoms with Gasteiger partial charge in [0.1, 0.15) is 5.82 Å². The van der Waals surface area contributed by atoms with E-state index in [9.17, 15) is 9.50 Å². The Morgan fingerprint density at radius 3 is 2.37 bits per heavy atom. The molecule has 0 fully saturated rings. The quantitative estimate of drug-likeness (QED) is 0.884. The molecule has 1 N–H and O–H groups in total. The summed E-state index contributed by atoms with van der Waals surface area (Å²) >= 11 is 5.65. The molecule has 1 atom stereocenters. The lowest BCUT2D eigenvalue weighted by atomic mass is 9.94. The molecule has 2 rings (SSSR count). The van der Waals surface area contributed by atoms with E-state index in [4.69, 9.17) is 11.6 Å². The van der Waals surface area contributed by atoms with E-state index in [0.29, 0.717) is 6.42 Å². The van der Waals surface area contributed by atoms with Crippen LogP contribution in [0.25, 0.3) is 0 Å². The fourth-order valence-electron chi connectivity index (χ4n) is 2.34. The molecule has 0 aliphatic heterocycles. The van der Waals surface area contributed by atoms with Crippen LogP contribution >= 0.6 is 11.6 Å². The lowest BCUT2D eigenvalue weighted by Crippen LogP contribution is -2.06. The minimum absolute atomic E-state index is 0.102. The second kappa shape index (κ2) is 5.72. The Morgan fingerprint density at radius 1 is 1.16 bits per heavy atom. The van der Waals surface area contributed by atoms with Gasteiger partial charge < -0.3 is 5.11 Å². The smallest absolute Gasteiger partial charge is 0.142 e. The number of rotatable bonds is 3. The third-order valence-electron chi connectivity index (χ3n) is 3.29. The zero-order chi connectivity index (χ0) is 14.0. The fourth-order valence-corrected chi connectivity index (χ4v) is 2.46. The molecule has 0 radical (unpaired) electrons. The zero-order valence-corrected chi connectivity index (χ0v) is 11.7. The highest BCUT2D eigenvalue weighted by Gasteiger charge is 2.14. The summed E-state index contributed by atoms with van der Waals surface area (Å²) in [6, 6.07) is 10.5. The van der Waals surface area contributed by atoms with E-state index in [2.05, 4.69) is 0 Å². The van der Waals surface area contributed by atoms with Gasteiger partial charge in [0.05, 0.1) is 11.1 Å². The van der Waals surface area contributed by atoms with Crippen molar-refractivity contribution in [3.63, 3.8) is 0 Å². The Balaban J connectivity index is 2.25. The topological polar surface area (TPSA) is 20.2 Å². The average Bonchev–Trinajstić information content (AvgIpc) is 2.33. The van der Waals surface area contributed by atoms with Gasteiger partial charge in [0.15, 0.2) is 0 Å². The van der Waals surface area contributed by atoms with Gasteiger partial charge in [-0.3, -0.25) is 0 Å². The lowest BCUT2D eigenvalue weighted by Gasteiger charge is -2.16. The summed E-state index contributed by atoms with van der Waals surface area (Å²) in [6.07, 6.45) is -0.262. The number of benzene rings is 2. The lowest BCUT2D eigenvalue weighted by molar-refractivity contribution is 0.177. The molecule has 0 aliphatic rings. The normalized spacial score (nSPS) is 12.5. The third kappa shape index (κ3) is 3.14. The van der Waals surface area contributed by atoms with Crippen LogP contribution in [0.1, 0.15) is 28.4 Å². The van der Waals surface area contributed by atoms with E-state index in [1.54, 1.807) is 6.07 Å². The molecular weight excluding hydrogens is 263 g/mol. The maximum absolute atomic E-state index is 13.4.